The molecule has 0 spiro atoms. The summed E-state index contributed by atoms with van der Waals surface area (Å²) in [6.07, 6.45) is 5.20. The molecule has 0 N–H and O–H groups in total. The minimum atomic E-state index is 0.989. The second-order valence-electron chi connectivity index (χ2n) is 1.82. The molecule has 0 bridgehead atoms. The fourth-order valence-electron chi connectivity index (χ4n) is 0.602. The zero-order valence-electron chi connectivity index (χ0n) is 5.63. The summed E-state index contributed by atoms with van der Waals surface area (Å²) in [7, 11) is 0. The van der Waals surface area contributed by atoms with Crippen molar-refractivity contribution in [3.63, 3.8) is 0 Å². The molecule has 0 radical (unpaired) electrons. The smallest absolute Gasteiger partial charge is 0.159 e. The molecule has 56 valence electrons. The molecule has 0 aliphatic rings. The highest BCUT2D eigenvalue weighted by molar-refractivity contribution is 9.11. The summed E-state index contributed by atoms with van der Waals surface area (Å²) in [6.45, 7) is 0. The molecule has 0 amide bonds. The first-order chi connectivity index (χ1) is 4.83. The fraction of sp³-hybridized carbons (Fsp3) is 0.500. The standard InChI is InChI=1S/C6H8BrNS2/c1-9-3-2-5-4-8-6(7)10-5/h4H,2-3H2,1H3. The van der Waals surface area contributed by atoms with E-state index in [4.69, 9.17) is 0 Å². The highest BCUT2D eigenvalue weighted by Crippen LogP contribution is 2.19. The highest BCUT2D eigenvalue weighted by atomic mass is 79.9. The van der Waals surface area contributed by atoms with E-state index in [0.29, 0.717) is 0 Å². The van der Waals surface area contributed by atoms with Gasteiger partial charge in [0.15, 0.2) is 3.92 Å². The number of thioether (sulfide) groups is 1. The van der Waals surface area contributed by atoms with Crippen molar-refractivity contribution in [2.45, 2.75) is 6.42 Å². The minimum absolute atomic E-state index is 0.989. The van der Waals surface area contributed by atoms with Crippen molar-refractivity contribution < 1.29 is 0 Å². The lowest BCUT2D eigenvalue weighted by Crippen LogP contribution is -1.81. The molecule has 0 unspecified atom stereocenters. The Morgan fingerprint density at radius 3 is 3.10 bits per heavy atom. The van der Waals surface area contributed by atoms with Crippen molar-refractivity contribution in [1.29, 1.82) is 0 Å². The molecule has 0 saturated carbocycles. The maximum atomic E-state index is 4.10. The number of thiazole rings is 1. The Balaban J connectivity index is 2.42. The minimum Gasteiger partial charge on any atom is -0.237 e. The van der Waals surface area contributed by atoms with Crippen LogP contribution in [0.25, 0.3) is 0 Å². The number of hydrogen-bond acceptors (Lipinski definition) is 3. The molecule has 1 aromatic rings. The van der Waals surface area contributed by atoms with Crippen molar-refractivity contribution in [2.24, 2.45) is 0 Å². The largest absolute Gasteiger partial charge is 0.237 e. The van der Waals surface area contributed by atoms with Crippen molar-refractivity contribution in [2.75, 3.05) is 12.0 Å². The lowest BCUT2D eigenvalue weighted by atomic mass is 10.4. The number of halogens is 1. The van der Waals surface area contributed by atoms with Crippen LogP contribution in [0.5, 0.6) is 0 Å². The zero-order valence-corrected chi connectivity index (χ0v) is 8.85. The Kier molecular flexibility index (Phi) is 3.73. The lowest BCUT2D eigenvalue weighted by Gasteiger charge is -1.89. The Morgan fingerprint density at radius 2 is 2.60 bits per heavy atom. The van der Waals surface area contributed by atoms with Gasteiger partial charge in [-0.05, 0) is 34.4 Å². The maximum absolute atomic E-state index is 4.10. The number of nitrogens with zero attached hydrogens (tertiary/aromatic N) is 1. The Bertz CT molecular complexity index is 199. The number of rotatable bonds is 3. The van der Waals surface area contributed by atoms with Crippen molar-refractivity contribution in [3.8, 4) is 0 Å². The van der Waals surface area contributed by atoms with Gasteiger partial charge < -0.3 is 0 Å². The van der Waals surface area contributed by atoms with Crippen molar-refractivity contribution in [1.82, 2.24) is 4.98 Å². The van der Waals surface area contributed by atoms with E-state index in [9.17, 15) is 0 Å². The van der Waals surface area contributed by atoms with Gasteiger partial charge in [-0.25, -0.2) is 4.98 Å². The number of hydrogen-bond donors (Lipinski definition) is 0. The summed E-state index contributed by atoms with van der Waals surface area (Å²) >= 11 is 6.91. The van der Waals surface area contributed by atoms with Gasteiger partial charge in [-0.3, -0.25) is 0 Å². The van der Waals surface area contributed by atoms with Crippen LogP contribution in [0.2, 0.25) is 0 Å². The summed E-state index contributed by atoms with van der Waals surface area (Å²) in [5.41, 5.74) is 0. The van der Waals surface area contributed by atoms with Gasteiger partial charge in [-0.2, -0.15) is 11.8 Å². The summed E-state index contributed by atoms with van der Waals surface area (Å²) < 4.78 is 0.989. The molecule has 1 aromatic heterocycles. The van der Waals surface area contributed by atoms with E-state index in [2.05, 4.69) is 27.2 Å². The third kappa shape index (κ3) is 2.60. The first-order valence-electron chi connectivity index (χ1n) is 2.92. The molecule has 0 aromatic carbocycles. The predicted molar refractivity (Wildman–Crippen MR) is 51.9 cm³/mol. The summed E-state index contributed by atoms with van der Waals surface area (Å²) in [6, 6.07) is 0. The van der Waals surface area contributed by atoms with E-state index >= 15 is 0 Å². The average Bonchev–Trinajstić information content (AvgIpc) is 2.31. The van der Waals surface area contributed by atoms with Crippen LogP contribution in [0.1, 0.15) is 4.88 Å². The van der Waals surface area contributed by atoms with Crippen LogP contribution in [0.4, 0.5) is 0 Å². The van der Waals surface area contributed by atoms with Crippen LogP contribution in [0.15, 0.2) is 10.1 Å². The lowest BCUT2D eigenvalue weighted by molar-refractivity contribution is 1.18. The number of aromatic nitrogens is 1. The van der Waals surface area contributed by atoms with E-state index in [-0.39, 0.29) is 0 Å². The molecule has 0 aliphatic heterocycles. The molecular formula is C6H8BrNS2. The number of aryl methyl sites for hydroxylation is 1. The van der Waals surface area contributed by atoms with Gasteiger partial charge in [-0.1, -0.05) is 0 Å². The Hall–Kier alpha value is 0.460. The Labute approximate surface area is 77.4 Å². The monoisotopic (exact) mass is 237 g/mol. The topological polar surface area (TPSA) is 12.9 Å². The second kappa shape index (κ2) is 4.36. The van der Waals surface area contributed by atoms with Crippen LogP contribution in [-0.4, -0.2) is 17.0 Å². The Morgan fingerprint density at radius 1 is 1.80 bits per heavy atom. The van der Waals surface area contributed by atoms with Crippen LogP contribution in [0.3, 0.4) is 0 Å². The third-order valence-corrected chi connectivity index (χ3v) is 3.23. The summed E-state index contributed by atoms with van der Waals surface area (Å²) in [5.74, 6) is 1.19. The molecule has 1 heterocycles. The third-order valence-electron chi connectivity index (χ3n) is 1.08. The van der Waals surface area contributed by atoms with Crippen LogP contribution < -0.4 is 0 Å². The summed E-state index contributed by atoms with van der Waals surface area (Å²) in [5, 5.41) is 0. The van der Waals surface area contributed by atoms with Crippen molar-refractivity contribution >= 4 is 39.0 Å². The highest BCUT2D eigenvalue weighted by Gasteiger charge is 1.96. The molecule has 1 rings (SSSR count). The zero-order chi connectivity index (χ0) is 7.40. The first kappa shape index (κ1) is 8.56. The SMILES string of the molecule is CSCCc1cnc(Br)s1. The van der Waals surface area contributed by atoms with E-state index in [1.165, 1.54) is 10.6 Å². The van der Waals surface area contributed by atoms with Gasteiger partial charge >= 0.3 is 0 Å². The molecular weight excluding hydrogens is 230 g/mol. The molecule has 4 heteroatoms. The van der Waals surface area contributed by atoms with Gasteiger partial charge in [0, 0.05) is 11.1 Å². The quantitative estimate of drug-likeness (QED) is 0.803. The van der Waals surface area contributed by atoms with Gasteiger partial charge in [0.2, 0.25) is 0 Å². The second-order valence-corrected chi connectivity index (χ2v) is 5.20. The molecule has 0 saturated heterocycles. The van der Waals surface area contributed by atoms with Crippen LogP contribution in [-0.2, 0) is 6.42 Å². The predicted octanol–water partition coefficient (Wildman–Crippen LogP) is 2.81. The van der Waals surface area contributed by atoms with Gasteiger partial charge in [0.1, 0.15) is 0 Å². The van der Waals surface area contributed by atoms with E-state index in [1.807, 2.05) is 18.0 Å². The van der Waals surface area contributed by atoms with Crippen molar-refractivity contribution in [3.05, 3.63) is 15.0 Å². The van der Waals surface area contributed by atoms with Gasteiger partial charge in [0.25, 0.3) is 0 Å². The molecule has 0 atom stereocenters. The fourth-order valence-corrected chi connectivity index (χ4v) is 2.51. The average molecular weight is 238 g/mol. The maximum Gasteiger partial charge on any atom is 0.159 e. The van der Waals surface area contributed by atoms with E-state index in [0.717, 1.165) is 10.3 Å². The summed E-state index contributed by atoms with van der Waals surface area (Å²) in [4.78, 5) is 5.46. The van der Waals surface area contributed by atoms with E-state index < -0.39 is 0 Å². The van der Waals surface area contributed by atoms with Crippen LogP contribution in [0, 0.1) is 0 Å². The molecule has 1 nitrogen and oxygen atoms in total. The van der Waals surface area contributed by atoms with Gasteiger partial charge in [-0.15, -0.1) is 11.3 Å². The molecule has 10 heavy (non-hydrogen) atoms. The van der Waals surface area contributed by atoms with Crippen LogP contribution >= 0.6 is 39.0 Å². The normalized spacial score (nSPS) is 10.2. The molecule has 0 fully saturated rings. The van der Waals surface area contributed by atoms with E-state index in [1.54, 1.807) is 11.3 Å². The first-order valence-corrected chi connectivity index (χ1v) is 5.92. The molecule has 0 aliphatic carbocycles. The van der Waals surface area contributed by atoms with Gasteiger partial charge in [0.05, 0.1) is 0 Å².